The van der Waals surface area contributed by atoms with Gasteiger partial charge in [0.1, 0.15) is 5.60 Å². The van der Waals surface area contributed by atoms with Gasteiger partial charge in [-0.3, -0.25) is 10.1 Å². The summed E-state index contributed by atoms with van der Waals surface area (Å²) in [6.45, 7) is 7.99. The summed E-state index contributed by atoms with van der Waals surface area (Å²) in [7, 11) is 1.78. The lowest BCUT2D eigenvalue weighted by molar-refractivity contribution is 0.0635. The number of carbonyl (C=O) groups excluding carboxylic acids is 2. The van der Waals surface area contributed by atoms with Gasteiger partial charge in [-0.05, 0) is 63.1 Å². The van der Waals surface area contributed by atoms with E-state index >= 15 is 0 Å². The second-order valence-corrected chi connectivity index (χ2v) is 7.29. The van der Waals surface area contributed by atoms with E-state index in [9.17, 15) is 9.59 Å². The topological polar surface area (TPSA) is 58.6 Å². The molecule has 2 aromatic rings. The van der Waals surface area contributed by atoms with Gasteiger partial charge < -0.3 is 9.64 Å². The SMILES string of the molecule is Cc1ccccc1CN(C)C(=O)c1ccc(NC(=O)OC(C)(C)C)cc1. The molecule has 0 unspecified atom stereocenters. The van der Waals surface area contributed by atoms with Crippen molar-refractivity contribution in [3.05, 3.63) is 65.2 Å². The number of anilines is 1. The largest absolute Gasteiger partial charge is 0.444 e. The van der Waals surface area contributed by atoms with Crippen LogP contribution < -0.4 is 5.32 Å². The molecule has 0 aliphatic heterocycles. The number of benzene rings is 2. The van der Waals surface area contributed by atoms with Gasteiger partial charge in [-0.2, -0.15) is 0 Å². The molecule has 0 heterocycles. The number of hydrogen-bond donors (Lipinski definition) is 1. The van der Waals surface area contributed by atoms with Crippen LogP contribution in [0.2, 0.25) is 0 Å². The maximum Gasteiger partial charge on any atom is 0.412 e. The molecule has 26 heavy (non-hydrogen) atoms. The van der Waals surface area contributed by atoms with Crippen molar-refractivity contribution < 1.29 is 14.3 Å². The van der Waals surface area contributed by atoms with Crippen LogP contribution in [0.25, 0.3) is 0 Å². The summed E-state index contributed by atoms with van der Waals surface area (Å²) in [5.74, 6) is -0.0722. The zero-order valence-electron chi connectivity index (χ0n) is 16.0. The van der Waals surface area contributed by atoms with Crippen LogP contribution in [-0.4, -0.2) is 29.5 Å². The predicted octanol–water partition coefficient (Wildman–Crippen LogP) is 4.61. The minimum Gasteiger partial charge on any atom is -0.444 e. The molecule has 2 aromatic carbocycles. The summed E-state index contributed by atoms with van der Waals surface area (Å²) < 4.78 is 5.21. The number of carbonyl (C=O) groups is 2. The Morgan fingerprint density at radius 1 is 1.04 bits per heavy atom. The predicted molar refractivity (Wildman–Crippen MR) is 103 cm³/mol. The fourth-order valence-corrected chi connectivity index (χ4v) is 2.45. The Labute approximate surface area is 155 Å². The molecule has 0 aliphatic rings. The van der Waals surface area contributed by atoms with E-state index in [1.165, 1.54) is 0 Å². The molecule has 1 N–H and O–H groups in total. The number of nitrogens with zero attached hydrogens (tertiary/aromatic N) is 1. The van der Waals surface area contributed by atoms with Crippen molar-refractivity contribution in [1.82, 2.24) is 4.90 Å². The van der Waals surface area contributed by atoms with Crippen LogP contribution in [0.5, 0.6) is 0 Å². The molecule has 0 aliphatic carbocycles. The monoisotopic (exact) mass is 354 g/mol. The molecule has 0 atom stereocenters. The van der Waals surface area contributed by atoms with Gasteiger partial charge in [-0.1, -0.05) is 24.3 Å². The molecule has 0 saturated heterocycles. The van der Waals surface area contributed by atoms with Gasteiger partial charge in [-0.25, -0.2) is 4.79 Å². The Hall–Kier alpha value is -2.82. The summed E-state index contributed by atoms with van der Waals surface area (Å²) in [5.41, 5.74) is 2.86. The minimum absolute atomic E-state index is 0.0722. The van der Waals surface area contributed by atoms with Crippen molar-refractivity contribution in [3.63, 3.8) is 0 Å². The van der Waals surface area contributed by atoms with Gasteiger partial charge in [-0.15, -0.1) is 0 Å². The van der Waals surface area contributed by atoms with E-state index in [0.29, 0.717) is 17.8 Å². The van der Waals surface area contributed by atoms with E-state index < -0.39 is 11.7 Å². The van der Waals surface area contributed by atoms with Gasteiger partial charge in [0.2, 0.25) is 0 Å². The molecule has 0 spiro atoms. The molecule has 2 rings (SSSR count). The Kier molecular flexibility index (Phi) is 6.03. The quantitative estimate of drug-likeness (QED) is 0.872. The third-order valence-corrected chi connectivity index (χ3v) is 3.79. The molecule has 2 amide bonds. The van der Waals surface area contributed by atoms with Crippen LogP contribution in [0.4, 0.5) is 10.5 Å². The van der Waals surface area contributed by atoms with Gasteiger partial charge >= 0.3 is 6.09 Å². The molecule has 0 bridgehead atoms. The van der Waals surface area contributed by atoms with Crippen LogP contribution in [0, 0.1) is 6.92 Å². The molecule has 5 heteroatoms. The molecule has 0 saturated carbocycles. The molecular weight excluding hydrogens is 328 g/mol. The number of ether oxygens (including phenoxy) is 1. The Morgan fingerprint density at radius 2 is 1.65 bits per heavy atom. The van der Waals surface area contributed by atoms with Crippen molar-refractivity contribution in [3.8, 4) is 0 Å². The summed E-state index contributed by atoms with van der Waals surface area (Å²) in [4.78, 5) is 26.1. The Morgan fingerprint density at radius 3 is 2.23 bits per heavy atom. The molecule has 0 aromatic heterocycles. The van der Waals surface area contributed by atoms with Crippen molar-refractivity contribution in [2.24, 2.45) is 0 Å². The highest BCUT2D eigenvalue weighted by molar-refractivity contribution is 5.95. The molecule has 0 fully saturated rings. The highest BCUT2D eigenvalue weighted by Gasteiger charge is 2.17. The molecular formula is C21H26N2O3. The van der Waals surface area contributed by atoms with Crippen molar-refractivity contribution in [2.45, 2.75) is 39.8 Å². The lowest BCUT2D eigenvalue weighted by Gasteiger charge is -2.20. The number of nitrogens with one attached hydrogen (secondary N) is 1. The summed E-state index contributed by atoms with van der Waals surface area (Å²) in [6.07, 6.45) is -0.520. The van der Waals surface area contributed by atoms with Gasteiger partial charge in [0.05, 0.1) is 0 Å². The lowest BCUT2D eigenvalue weighted by atomic mass is 10.1. The van der Waals surface area contributed by atoms with Crippen LogP contribution in [0.3, 0.4) is 0 Å². The lowest BCUT2D eigenvalue weighted by Crippen LogP contribution is -2.27. The maximum absolute atomic E-state index is 12.6. The highest BCUT2D eigenvalue weighted by Crippen LogP contribution is 2.16. The summed E-state index contributed by atoms with van der Waals surface area (Å²) >= 11 is 0. The smallest absolute Gasteiger partial charge is 0.412 e. The van der Waals surface area contributed by atoms with Crippen molar-refractivity contribution in [1.29, 1.82) is 0 Å². The first-order chi connectivity index (χ1) is 12.2. The minimum atomic E-state index is -0.557. The van der Waals surface area contributed by atoms with Crippen LogP contribution in [0.1, 0.15) is 42.3 Å². The second kappa shape index (κ2) is 8.04. The zero-order valence-corrected chi connectivity index (χ0v) is 16.0. The number of hydrogen-bond acceptors (Lipinski definition) is 3. The molecule has 5 nitrogen and oxygen atoms in total. The van der Waals surface area contributed by atoms with Crippen LogP contribution in [-0.2, 0) is 11.3 Å². The fourth-order valence-electron chi connectivity index (χ4n) is 2.45. The van der Waals surface area contributed by atoms with Gasteiger partial charge in [0, 0.05) is 24.8 Å². The zero-order chi connectivity index (χ0) is 19.3. The number of aryl methyl sites for hydroxylation is 1. The number of amides is 2. The summed E-state index contributed by atoms with van der Waals surface area (Å²) in [5, 5.41) is 2.66. The first-order valence-electron chi connectivity index (χ1n) is 8.56. The Balaban J connectivity index is 1.99. The Bertz CT molecular complexity index is 777. The summed E-state index contributed by atoms with van der Waals surface area (Å²) in [6, 6.07) is 14.8. The van der Waals surface area contributed by atoms with E-state index in [2.05, 4.69) is 5.32 Å². The van der Waals surface area contributed by atoms with E-state index in [-0.39, 0.29) is 5.91 Å². The highest BCUT2D eigenvalue weighted by atomic mass is 16.6. The van der Waals surface area contributed by atoms with E-state index in [4.69, 9.17) is 4.74 Å². The van der Waals surface area contributed by atoms with Crippen LogP contribution in [0.15, 0.2) is 48.5 Å². The fraction of sp³-hybridized carbons (Fsp3) is 0.333. The first kappa shape index (κ1) is 19.5. The van der Waals surface area contributed by atoms with Gasteiger partial charge in [0.25, 0.3) is 5.91 Å². The van der Waals surface area contributed by atoms with E-state index in [1.54, 1.807) is 57.0 Å². The number of rotatable bonds is 4. The normalized spacial score (nSPS) is 11.0. The second-order valence-electron chi connectivity index (χ2n) is 7.29. The average Bonchev–Trinajstić information content (AvgIpc) is 2.55. The first-order valence-corrected chi connectivity index (χ1v) is 8.56. The van der Waals surface area contributed by atoms with Crippen molar-refractivity contribution >= 4 is 17.7 Å². The standard InChI is InChI=1S/C21H26N2O3/c1-15-8-6-7-9-17(15)14-23(5)19(24)16-10-12-18(13-11-16)22-20(25)26-21(2,3)4/h6-13H,14H2,1-5H3,(H,22,25). The van der Waals surface area contributed by atoms with Crippen LogP contribution >= 0.6 is 0 Å². The average molecular weight is 354 g/mol. The molecule has 138 valence electrons. The third kappa shape index (κ3) is 5.62. The van der Waals surface area contributed by atoms with E-state index in [0.717, 1.165) is 11.1 Å². The van der Waals surface area contributed by atoms with E-state index in [1.807, 2.05) is 31.2 Å². The van der Waals surface area contributed by atoms with Gasteiger partial charge in [0.15, 0.2) is 0 Å². The third-order valence-electron chi connectivity index (χ3n) is 3.79. The van der Waals surface area contributed by atoms with Crippen molar-refractivity contribution in [2.75, 3.05) is 12.4 Å². The maximum atomic E-state index is 12.6. The molecule has 0 radical (unpaired) electrons.